The monoisotopic (exact) mass is 268 g/mol. The van der Waals surface area contributed by atoms with E-state index < -0.39 is 0 Å². The number of methoxy groups -OCH3 is 1. The highest BCUT2D eigenvalue weighted by Gasteiger charge is 2.19. The zero-order chi connectivity index (χ0) is 14.8. The number of rotatable bonds is 3. The Balaban J connectivity index is 2.55. The van der Waals surface area contributed by atoms with Gasteiger partial charge in [-0.05, 0) is 34.7 Å². The molecule has 0 aliphatic carbocycles. The van der Waals surface area contributed by atoms with Crippen LogP contribution >= 0.6 is 0 Å². The first-order valence-corrected chi connectivity index (χ1v) is 6.70. The maximum absolute atomic E-state index is 10.9. The third-order valence-corrected chi connectivity index (χ3v) is 3.36. The molecule has 0 radical (unpaired) electrons. The predicted octanol–water partition coefficient (Wildman–Crippen LogP) is 4.47. The van der Waals surface area contributed by atoms with Crippen molar-refractivity contribution < 1.29 is 9.53 Å². The van der Waals surface area contributed by atoms with Gasteiger partial charge >= 0.3 is 0 Å². The van der Waals surface area contributed by atoms with Crippen molar-refractivity contribution in [3.63, 3.8) is 0 Å². The Morgan fingerprint density at radius 2 is 1.70 bits per heavy atom. The fourth-order valence-electron chi connectivity index (χ4n) is 2.27. The standard InChI is InChI=1S/C18H20O2/c1-18(2,3)16-11-15(8-9-17(16)20-4)14-7-5-6-13(10-14)12-19/h5-12H,1-4H3. The highest BCUT2D eigenvalue weighted by atomic mass is 16.5. The lowest BCUT2D eigenvalue weighted by atomic mass is 9.84. The summed E-state index contributed by atoms with van der Waals surface area (Å²) in [6.45, 7) is 6.49. The second kappa shape index (κ2) is 5.49. The Labute approximate surface area is 120 Å². The van der Waals surface area contributed by atoms with Crippen LogP contribution in [-0.2, 0) is 5.41 Å². The maximum atomic E-state index is 10.9. The number of aldehydes is 1. The van der Waals surface area contributed by atoms with Gasteiger partial charge in [0, 0.05) is 11.1 Å². The van der Waals surface area contributed by atoms with Gasteiger partial charge < -0.3 is 4.74 Å². The molecule has 0 aromatic heterocycles. The predicted molar refractivity (Wildman–Crippen MR) is 82.5 cm³/mol. The number of ether oxygens (including phenoxy) is 1. The summed E-state index contributed by atoms with van der Waals surface area (Å²) in [6.07, 6.45) is 0.873. The Morgan fingerprint density at radius 3 is 2.30 bits per heavy atom. The average molecular weight is 268 g/mol. The van der Waals surface area contributed by atoms with Crippen LogP contribution < -0.4 is 4.74 Å². The summed E-state index contributed by atoms with van der Waals surface area (Å²) in [5, 5.41) is 0. The molecule has 0 aliphatic rings. The van der Waals surface area contributed by atoms with Gasteiger partial charge in [0.05, 0.1) is 7.11 Å². The van der Waals surface area contributed by atoms with Crippen molar-refractivity contribution in [1.82, 2.24) is 0 Å². The Hall–Kier alpha value is -2.09. The van der Waals surface area contributed by atoms with Crippen LogP contribution in [0.15, 0.2) is 42.5 Å². The molecule has 0 heterocycles. The molecule has 0 unspecified atom stereocenters. The van der Waals surface area contributed by atoms with E-state index in [0.717, 1.165) is 28.7 Å². The van der Waals surface area contributed by atoms with E-state index in [1.807, 2.05) is 36.4 Å². The molecule has 104 valence electrons. The summed E-state index contributed by atoms with van der Waals surface area (Å²) in [5.74, 6) is 0.896. The van der Waals surface area contributed by atoms with Crippen molar-refractivity contribution in [1.29, 1.82) is 0 Å². The molecule has 0 saturated carbocycles. The molecular weight excluding hydrogens is 248 g/mol. The van der Waals surface area contributed by atoms with Crippen LogP contribution in [0.3, 0.4) is 0 Å². The second-order valence-electron chi connectivity index (χ2n) is 5.91. The van der Waals surface area contributed by atoms with E-state index in [1.165, 1.54) is 0 Å². The summed E-state index contributed by atoms with van der Waals surface area (Å²) >= 11 is 0. The van der Waals surface area contributed by atoms with Crippen molar-refractivity contribution in [3.8, 4) is 16.9 Å². The summed E-state index contributed by atoms with van der Waals surface area (Å²) in [6, 6.07) is 13.8. The quantitative estimate of drug-likeness (QED) is 0.768. The fraction of sp³-hybridized carbons (Fsp3) is 0.278. The smallest absolute Gasteiger partial charge is 0.150 e. The largest absolute Gasteiger partial charge is 0.496 e. The fourth-order valence-corrected chi connectivity index (χ4v) is 2.27. The van der Waals surface area contributed by atoms with Crippen molar-refractivity contribution >= 4 is 6.29 Å². The minimum absolute atomic E-state index is 0.00359. The van der Waals surface area contributed by atoms with E-state index in [1.54, 1.807) is 7.11 Å². The van der Waals surface area contributed by atoms with E-state index >= 15 is 0 Å². The van der Waals surface area contributed by atoms with Gasteiger partial charge in [-0.15, -0.1) is 0 Å². The summed E-state index contributed by atoms with van der Waals surface area (Å²) in [5.41, 5.74) is 4.00. The molecule has 0 spiro atoms. The molecular formula is C18H20O2. The number of carbonyl (C=O) groups is 1. The molecule has 20 heavy (non-hydrogen) atoms. The molecule has 0 N–H and O–H groups in total. The van der Waals surface area contributed by atoms with E-state index in [2.05, 4.69) is 26.8 Å². The van der Waals surface area contributed by atoms with Crippen LogP contribution in [0.25, 0.3) is 11.1 Å². The molecule has 0 atom stereocenters. The molecule has 0 bridgehead atoms. The first kappa shape index (κ1) is 14.3. The molecule has 2 aromatic carbocycles. The van der Waals surface area contributed by atoms with Crippen LogP contribution in [0, 0.1) is 0 Å². The molecule has 2 heteroatoms. The normalized spacial score (nSPS) is 11.2. The third kappa shape index (κ3) is 2.90. The lowest BCUT2D eigenvalue weighted by molar-refractivity contribution is 0.112. The summed E-state index contributed by atoms with van der Waals surface area (Å²) in [4.78, 5) is 10.9. The lowest BCUT2D eigenvalue weighted by Crippen LogP contribution is -2.12. The SMILES string of the molecule is COc1ccc(-c2cccc(C=O)c2)cc1C(C)(C)C. The van der Waals surface area contributed by atoms with Crippen molar-refractivity contribution in [2.75, 3.05) is 7.11 Å². The number of carbonyl (C=O) groups excluding carboxylic acids is 1. The summed E-state index contributed by atoms with van der Waals surface area (Å²) < 4.78 is 5.45. The van der Waals surface area contributed by atoms with Gasteiger partial charge in [-0.3, -0.25) is 4.79 Å². The number of hydrogen-bond acceptors (Lipinski definition) is 2. The van der Waals surface area contributed by atoms with Crippen LogP contribution in [0.4, 0.5) is 0 Å². The number of benzene rings is 2. The Bertz CT molecular complexity index is 622. The molecule has 0 fully saturated rings. The van der Waals surface area contributed by atoms with E-state index in [0.29, 0.717) is 5.56 Å². The molecule has 2 nitrogen and oxygen atoms in total. The average Bonchev–Trinajstić information content (AvgIpc) is 2.45. The Morgan fingerprint density at radius 1 is 1.00 bits per heavy atom. The minimum Gasteiger partial charge on any atom is -0.496 e. The van der Waals surface area contributed by atoms with Crippen molar-refractivity contribution in [2.45, 2.75) is 26.2 Å². The summed E-state index contributed by atoms with van der Waals surface area (Å²) in [7, 11) is 1.69. The second-order valence-corrected chi connectivity index (χ2v) is 5.91. The zero-order valence-electron chi connectivity index (χ0n) is 12.4. The van der Waals surface area contributed by atoms with Crippen LogP contribution in [0.5, 0.6) is 5.75 Å². The van der Waals surface area contributed by atoms with E-state index in [-0.39, 0.29) is 5.41 Å². The Kier molecular flexibility index (Phi) is 3.93. The van der Waals surface area contributed by atoms with E-state index in [4.69, 9.17) is 4.74 Å². The third-order valence-electron chi connectivity index (χ3n) is 3.36. The molecule has 2 rings (SSSR count). The highest BCUT2D eigenvalue weighted by Crippen LogP contribution is 2.34. The number of hydrogen-bond donors (Lipinski definition) is 0. The van der Waals surface area contributed by atoms with Gasteiger partial charge in [-0.25, -0.2) is 0 Å². The molecule has 0 saturated heterocycles. The van der Waals surface area contributed by atoms with Crippen LogP contribution in [-0.4, -0.2) is 13.4 Å². The first-order chi connectivity index (χ1) is 9.45. The van der Waals surface area contributed by atoms with Gasteiger partial charge in [0.25, 0.3) is 0 Å². The van der Waals surface area contributed by atoms with Crippen molar-refractivity contribution in [3.05, 3.63) is 53.6 Å². The first-order valence-electron chi connectivity index (χ1n) is 6.70. The lowest BCUT2D eigenvalue weighted by Gasteiger charge is -2.23. The van der Waals surface area contributed by atoms with Gasteiger partial charge in [0.1, 0.15) is 12.0 Å². The van der Waals surface area contributed by atoms with Gasteiger partial charge in [-0.1, -0.05) is 45.0 Å². The van der Waals surface area contributed by atoms with Gasteiger partial charge in [0.15, 0.2) is 0 Å². The topological polar surface area (TPSA) is 26.3 Å². The van der Waals surface area contributed by atoms with Crippen molar-refractivity contribution in [2.24, 2.45) is 0 Å². The van der Waals surface area contributed by atoms with Crippen LogP contribution in [0.1, 0.15) is 36.7 Å². The van der Waals surface area contributed by atoms with Gasteiger partial charge in [-0.2, -0.15) is 0 Å². The van der Waals surface area contributed by atoms with E-state index in [9.17, 15) is 4.79 Å². The maximum Gasteiger partial charge on any atom is 0.150 e. The molecule has 0 amide bonds. The highest BCUT2D eigenvalue weighted by molar-refractivity contribution is 5.79. The minimum atomic E-state index is 0.00359. The zero-order valence-corrected chi connectivity index (χ0v) is 12.4. The van der Waals surface area contributed by atoms with Crippen LogP contribution in [0.2, 0.25) is 0 Å². The molecule has 0 aliphatic heterocycles. The van der Waals surface area contributed by atoms with Gasteiger partial charge in [0.2, 0.25) is 0 Å². The molecule has 2 aromatic rings.